The first kappa shape index (κ1) is 25.7. The Balaban J connectivity index is 1.84. The quantitative estimate of drug-likeness (QED) is 0.321. The van der Waals surface area contributed by atoms with E-state index in [9.17, 15) is 4.79 Å². The first-order chi connectivity index (χ1) is 15.9. The number of primary amides is 1. The van der Waals surface area contributed by atoms with Crippen LogP contribution in [-0.4, -0.2) is 30.3 Å². The van der Waals surface area contributed by atoms with E-state index in [-0.39, 0.29) is 23.2 Å². The lowest BCUT2D eigenvalue weighted by molar-refractivity contribution is -0.0174. The van der Waals surface area contributed by atoms with Crippen LogP contribution < -0.4 is 21.7 Å². The number of carbonyl (C=O) groups is 1. The molecule has 1 amide bonds. The Hall–Kier alpha value is -2.90. The summed E-state index contributed by atoms with van der Waals surface area (Å²) in [6.45, 7) is 14.4. The monoisotopic (exact) mass is 468 g/mol. The van der Waals surface area contributed by atoms with E-state index in [1.54, 1.807) is 6.07 Å². The van der Waals surface area contributed by atoms with Gasteiger partial charge >= 0.3 is 0 Å². The molecule has 0 radical (unpaired) electrons. The zero-order valence-corrected chi connectivity index (χ0v) is 20.8. The van der Waals surface area contributed by atoms with Crippen LogP contribution in [0.2, 0.25) is 0 Å². The van der Waals surface area contributed by atoms with Crippen LogP contribution in [-0.2, 0) is 4.74 Å². The van der Waals surface area contributed by atoms with Crippen LogP contribution >= 0.6 is 0 Å². The van der Waals surface area contributed by atoms with Gasteiger partial charge in [0.1, 0.15) is 5.82 Å². The Morgan fingerprint density at radius 3 is 2.53 bits per heavy atom. The molecule has 1 aliphatic rings. The van der Waals surface area contributed by atoms with E-state index in [4.69, 9.17) is 10.5 Å². The van der Waals surface area contributed by atoms with E-state index in [0.717, 1.165) is 29.7 Å². The van der Waals surface area contributed by atoms with E-state index >= 15 is 4.39 Å². The van der Waals surface area contributed by atoms with Crippen LogP contribution in [0.1, 0.15) is 63.4 Å². The summed E-state index contributed by atoms with van der Waals surface area (Å²) < 4.78 is 20.9. The lowest BCUT2D eigenvalue weighted by Crippen LogP contribution is -2.45. The highest BCUT2D eigenvalue weighted by atomic mass is 19.1. The minimum Gasteiger partial charge on any atom is -0.378 e. The molecule has 1 fully saturated rings. The van der Waals surface area contributed by atoms with Crippen LogP contribution in [0.4, 0.5) is 21.5 Å². The summed E-state index contributed by atoms with van der Waals surface area (Å²) in [5.74, 6) is -0.771. The predicted molar refractivity (Wildman–Crippen MR) is 138 cm³/mol. The number of amides is 1. The van der Waals surface area contributed by atoms with E-state index in [0.29, 0.717) is 24.0 Å². The molecule has 0 aliphatic heterocycles. The zero-order valence-electron chi connectivity index (χ0n) is 20.8. The highest BCUT2D eigenvalue weighted by molar-refractivity contribution is 6.00. The van der Waals surface area contributed by atoms with Crippen molar-refractivity contribution in [2.24, 2.45) is 11.7 Å². The maximum Gasteiger partial charge on any atom is 0.250 e. The van der Waals surface area contributed by atoms with Gasteiger partial charge < -0.3 is 21.1 Å². The molecule has 1 aliphatic carbocycles. The van der Waals surface area contributed by atoms with Gasteiger partial charge in [-0.05, 0) is 83.2 Å². The summed E-state index contributed by atoms with van der Waals surface area (Å²) in [6.07, 6.45) is 2.17. The van der Waals surface area contributed by atoms with Crippen molar-refractivity contribution in [1.82, 2.24) is 5.32 Å². The molecule has 0 saturated heterocycles. The lowest BCUT2D eigenvalue weighted by Gasteiger charge is -2.29. The molecule has 0 spiro atoms. The molecule has 2 aromatic rings. The van der Waals surface area contributed by atoms with Crippen molar-refractivity contribution in [1.29, 1.82) is 0 Å². The summed E-state index contributed by atoms with van der Waals surface area (Å²) in [6, 6.07) is 10.5. The molecule has 0 aromatic heterocycles. The van der Waals surface area contributed by atoms with Crippen LogP contribution in [0.25, 0.3) is 5.57 Å². The minimum absolute atomic E-state index is 0.0112. The number of ether oxygens (including phenoxy) is 1. The zero-order chi connectivity index (χ0) is 25.0. The third-order valence-corrected chi connectivity index (χ3v) is 5.91. The average molecular weight is 469 g/mol. The van der Waals surface area contributed by atoms with Gasteiger partial charge in [0.15, 0.2) is 0 Å². The molecule has 2 atom stereocenters. The molecule has 6 nitrogen and oxygen atoms in total. The Kier molecular flexibility index (Phi) is 8.00. The number of halogens is 1. The second-order valence-corrected chi connectivity index (χ2v) is 10.1. The number of rotatable bonds is 11. The Labute approximate surface area is 202 Å². The number of carbonyl (C=O) groups excluding carboxylic acids is 1. The van der Waals surface area contributed by atoms with Crippen molar-refractivity contribution >= 4 is 28.5 Å². The van der Waals surface area contributed by atoms with E-state index < -0.39 is 11.7 Å². The molecule has 184 valence electrons. The van der Waals surface area contributed by atoms with Gasteiger partial charge in [-0.2, -0.15) is 0 Å². The Morgan fingerprint density at radius 2 is 1.94 bits per heavy atom. The summed E-state index contributed by atoms with van der Waals surface area (Å²) >= 11 is 0. The highest BCUT2D eigenvalue weighted by Crippen LogP contribution is 2.37. The van der Waals surface area contributed by atoms with Crippen LogP contribution in [0.15, 0.2) is 43.0 Å². The molecule has 3 rings (SSSR count). The summed E-state index contributed by atoms with van der Waals surface area (Å²) in [5, 5.41) is 10.0. The van der Waals surface area contributed by atoms with Crippen LogP contribution in [0.3, 0.4) is 0 Å². The van der Waals surface area contributed by atoms with Gasteiger partial charge in [0.2, 0.25) is 0 Å². The van der Waals surface area contributed by atoms with Crippen molar-refractivity contribution in [2.45, 2.75) is 65.1 Å². The van der Waals surface area contributed by atoms with Crippen molar-refractivity contribution in [3.63, 3.8) is 0 Å². The number of hydrogen-bond acceptors (Lipinski definition) is 5. The normalized spacial score (nSPS) is 15.5. The second kappa shape index (κ2) is 10.6. The third-order valence-electron chi connectivity index (χ3n) is 5.91. The molecular formula is C27H37FN4O2. The van der Waals surface area contributed by atoms with Crippen molar-refractivity contribution in [3.05, 3.63) is 59.9 Å². The van der Waals surface area contributed by atoms with Gasteiger partial charge in [-0.3, -0.25) is 10.1 Å². The highest BCUT2D eigenvalue weighted by Gasteiger charge is 2.35. The fourth-order valence-corrected chi connectivity index (χ4v) is 3.81. The second-order valence-electron chi connectivity index (χ2n) is 10.1. The SMILES string of the molecule is C=C(C)c1cccc(Nc2cc(N[C@H](C3CC3)[C@H](C)NCOC(C)(C)C)c(F)cc2C(N)=O)c1. The fraction of sp³-hybridized carbons (Fsp3) is 0.444. The maximum atomic E-state index is 15.1. The number of nitrogens with one attached hydrogen (secondary N) is 3. The van der Waals surface area contributed by atoms with Crippen LogP contribution in [0, 0.1) is 11.7 Å². The number of anilines is 3. The largest absolute Gasteiger partial charge is 0.378 e. The minimum atomic E-state index is -0.697. The van der Waals surface area contributed by atoms with E-state index in [2.05, 4.69) is 29.5 Å². The fourth-order valence-electron chi connectivity index (χ4n) is 3.81. The Morgan fingerprint density at radius 1 is 1.24 bits per heavy atom. The topological polar surface area (TPSA) is 88.4 Å². The lowest BCUT2D eigenvalue weighted by atomic mass is 10.0. The Bertz CT molecular complexity index is 1040. The number of nitrogens with two attached hydrogens (primary N) is 1. The molecular weight excluding hydrogens is 431 g/mol. The van der Waals surface area contributed by atoms with Crippen molar-refractivity contribution < 1.29 is 13.9 Å². The number of allylic oxidation sites excluding steroid dienone is 1. The average Bonchev–Trinajstić information content (AvgIpc) is 3.57. The first-order valence-electron chi connectivity index (χ1n) is 11.7. The van der Waals surface area contributed by atoms with Gasteiger partial charge in [-0.25, -0.2) is 4.39 Å². The molecule has 0 bridgehead atoms. The van der Waals surface area contributed by atoms with Crippen molar-refractivity contribution in [2.75, 3.05) is 17.4 Å². The van der Waals surface area contributed by atoms with Gasteiger partial charge in [0, 0.05) is 17.8 Å². The molecule has 0 heterocycles. The van der Waals surface area contributed by atoms with Gasteiger partial charge in [-0.1, -0.05) is 24.3 Å². The molecule has 5 N–H and O–H groups in total. The van der Waals surface area contributed by atoms with E-state index in [1.165, 1.54) is 6.07 Å². The predicted octanol–water partition coefficient (Wildman–Crippen LogP) is 5.64. The van der Waals surface area contributed by atoms with Crippen molar-refractivity contribution in [3.8, 4) is 0 Å². The molecule has 0 unspecified atom stereocenters. The van der Waals surface area contributed by atoms with Gasteiger partial charge in [-0.15, -0.1) is 0 Å². The van der Waals surface area contributed by atoms with Gasteiger partial charge in [0.25, 0.3) is 5.91 Å². The van der Waals surface area contributed by atoms with Crippen LogP contribution in [0.5, 0.6) is 0 Å². The standard InChI is InChI=1S/C27H37FN4O2/c1-16(2)19-8-7-9-20(12-19)31-23-14-24(22(28)13-21(23)26(29)33)32-25(18-10-11-18)17(3)30-15-34-27(4,5)6/h7-9,12-14,17-18,25,30-32H,1,10-11,15H2,2-6H3,(H2,29,33)/t17-,25-/m0/s1. The van der Waals surface area contributed by atoms with Gasteiger partial charge in [0.05, 0.1) is 29.3 Å². The summed E-state index contributed by atoms with van der Waals surface area (Å²) in [4.78, 5) is 12.1. The van der Waals surface area contributed by atoms with E-state index in [1.807, 2.05) is 52.0 Å². The molecule has 2 aromatic carbocycles. The summed E-state index contributed by atoms with van der Waals surface area (Å²) in [7, 11) is 0. The number of hydrogen-bond donors (Lipinski definition) is 4. The number of benzene rings is 2. The smallest absolute Gasteiger partial charge is 0.250 e. The maximum absolute atomic E-state index is 15.1. The molecule has 7 heteroatoms. The molecule has 1 saturated carbocycles. The first-order valence-corrected chi connectivity index (χ1v) is 11.7. The summed E-state index contributed by atoms with van der Waals surface area (Å²) in [5.41, 5.74) is 8.83. The molecule has 34 heavy (non-hydrogen) atoms. The third kappa shape index (κ3) is 7.05.